The van der Waals surface area contributed by atoms with Gasteiger partial charge in [-0.25, -0.2) is 0 Å². The SMILES string of the molecule is N[C@H](CCCO)c1ccc(O)c([N+](=O)[O-])c1. The molecule has 0 aliphatic rings. The average Bonchev–Trinajstić information content (AvgIpc) is 2.26. The number of phenolic OH excluding ortho intramolecular Hbond substituents is 1. The number of rotatable bonds is 5. The molecule has 0 aromatic heterocycles. The van der Waals surface area contributed by atoms with E-state index in [1.165, 1.54) is 12.1 Å². The van der Waals surface area contributed by atoms with Crippen molar-refractivity contribution in [3.05, 3.63) is 33.9 Å². The lowest BCUT2D eigenvalue weighted by Gasteiger charge is -2.11. The van der Waals surface area contributed by atoms with E-state index in [0.717, 1.165) is 0 Å². The number of nitrogens with two attached hydrogens (primary N) is 1. The maximum atomic E-state index is 10.6. The molecule has 0 aliphatic carbocycles. The Morgan fingerprint density at radius 3 is 2.75 bits per heavy atom. The van der Waals surface area contributed by atoms with Crippen molar-refractivity contribution < 1.29 is 15.1 Å². The molecule has 0 bridgehead atoms. The smallest absolute Gasteiger partial charge is 0.311 e. The molecule has 0 heterocycles. The molecular weight excluding hydrogens is 212 g/mol. The van der Waals surface area contributed by atoms with E-state index in [2.05, 4.69) is 0 Å². The van der Waals surface area contributed by atoms with Crippen molar-refractivity contribution in [3.63, 3.8) is 0 Å². The van der Waals surface area contributed by atoms with Crippen molar-refractivity contribution in [2.75, 3.05) is 6.61 Å². The van der Waals surface area contributed by atoms with Crippen molar-refractivity contribution in [2.45, 2.75) is 18.9 Å². The van der Waals surface area contributed by atoms with Gasteiger partial charge in [-0.05, 0) is 24.5 Å². The van der Waals surface area contributed by atoms with Crippen LogP contribution in [-0.2, 0) is 0 Å². The number of aliphatic hydroxyl groups excluding tert-OH is 1. The molecule has 0 spiro atoms. The molecule has 0 aliphatic heterocycles. The Morgan fingerprint density at radius 2 is 2.19 bits per heavy atom. The number of hydrogen-bond donors (Lipinski definition) is 3. The molecule has 0 saturated carbocycles. The second-order valence-electron chi connectivity index (χ2n) is 3.48. The van der Waals surface area contributed by atoms with Crippen LogP contribution in [0.4, 0.5) is 5.69 Å². The first-order chi connectivity index (χ1) is 7.56. The van der Waals surface area contributed by atoms with Crippen LogP contribution < -0.4 is 5.73 Å². The Labute approximate surface area is 92.5 Å². The summed E-state index contributed by atoms with van der Waals surface area (Å²) in [6.45, 7) is 0.0356. The maximum Gasteiger partial charge on any atom is 0.311 e. The van der Waals surface area contributed by atoms with Crippen LogP contribution in [0.15, 0.2) is 18.2 Å². The van der Waals surface area contributed by atoms with Gasteiger partial charge in [-0.3, -0.25) is 10.1 Å². The third-order valence-electron chi connectivity index (χ3n) is 2.30. The molecule has 1 atom stereocenters. The molecular formula is C10H14N2O4. The zero-order valence-electron chi connectivity index (χ0n) is 8.67. The molecule has 0 unspecified atom stereocenters. The second-order valence-corrected chi connectivity index (χ2v) is 3.48. The zero-order valence-corrected chi connectivity index (χ0v) is 8.67. The van der Waals surface area contributed by atoms with Gasteiger partial charge in [0.2, 0.25) is 0 Å². The van der Waals surface area contributed by atoms with Crippen LogP contribution in [0.3, 0.4) is 0 Å². The third-order valence-corrected chi connectivity index (χ3v) is 2.30. The monoisotopic (exact) mass is 226 g/mol. The topological polar surface area (TPSA) is 110 Å². The molecule has 1 aromatic carbocycles. The summed E-state index contributed by atoms with van der Waals surface area (Å²) in [5, 5.41) is 28.5. The second kappa shape index (κ2) is 5.43. The van der Waals surface area contributed by atoms with Crippen LogP contribution in [0.1, 0.15) is 24.4 Å². The minimum Gasteiger partial charge on any atom is -0.502 e. The first-order valence-electron chi connectivity index (χ1n) is 4.90. The van der Waals surface area contributed by atoms with Crippen LogP contribution in [-0.4, -0.2) is 21.7 Å². The first kappa shape index (κ1) is 12.4. The number of aromatic hydroxyl groups is 1. The average molecular weight is 226 g/mol. The highest BCUT2D eigenvalue weighted by Crippen LogP contribution is 2.29. The van der Waals surface area contributed by atoms with Crippen molar-refractivity contribution in [1.82, 2.24) is 0 Å². The molecule has 6 heteroatoms. The van der Waals surface area contributed by atoms with Gasteiger partial charge in [0.25, 0.3) is 0 Å². The lowest BCUT2D eigenvalue weighted by Crippen LogP contribution is -2.11. The van der Waals surface area contributed by atoms with E-state index in [1.807, 2.05) is 0 Å². The summed E-state index contributed by atoms with van der Waals surface area (Å²) in [5.74, 6) is -0.372. The summed E-state index contributed by atoms with van der Waals surface area (Å²) >= 11 is 0. The van der Waals surface area contributed by atoms with Gasteiger partial charge >= 0.3 is 5.69 Å². The lowest BCUT2D eigenvalue weighted by molar-refractivity contribution is -0.385. The minimum absolute atomic E-state index is 0.0356. The van der Waals surface area contributed by atoms with Crippen LogP contribution in [0, 0.1) is 10.1 Å². The van der Waals surface area contributed by atoms with Crippen molar-refractivity contribution >= 4 is 5.69 Å². The number of benzene rings is 1. The quantitative estimate of drug-likeness (QED) is 0.514. The number of nitro groups is 1. The number of phenols is 1. The van der Waals surface area contributed by atoms with Gasteiger partial charge in [-0.15, -0.1) is 0 Å². The fraction of sp³-hybridized carbons (Fsp3) is 0.400. The molecule has 0 saturated heterocycles. The molecule has 4 N–H and O–H groups in total. The van der Waals surface area contributed by atoms with Gasteiger partial charge in [-0.1, -0.05) is 6.07 Å². The Balaban J connectivity index is 2.89. The third kappa shape index (κ3) is 2.91. The van der Waals surface area contributed by atoms with E-state index >= 15 is 0 Å². The van der Waals surface area contributed by atoms with E-state index in [9.17, 15) is 15.2 Å². The molecule has 0 radical (unpaired) electrons. The van der Waals surface area contributed by atoms with Crippen LogP contribution in [0.25, 0.3) is 0 Å². The van der Waals surface area contributed by atoms with Gasteiger partial charge in [0.05, 0.1) is 4.92 Å². The summed E-state index contributed by atoms with van der Waals surface area (Å²) in [6, 6.07) is 3.69. The van der Waals surface area contributed by atoms with Crippen LogP contribution in [0.5, 0.6) is 5.75 Å². The summed E-state index contributed by atoms with van der Waals surface area (Å²) in [5.41, 5.74) is 6.02. The fourth-order valence-electron chi connectivity index (χ4n) is 1.40. The van der Waals surface area contributed by atoms with Gasteiger partial charge in [-0.2, -0.15) is 0 Å². The standard InChI is InChI=1S/C10H14N2O4/c11-8(2-1-5-13)7-3-4-10(14)9(6-7)12(15)16/h3-4,6,8,13-14H,1-2,5,11H2/t8-/m1/s1. The van der Waals surface area contributed by atoms with E-state index in [-0.39, 0.29) is 24.1 Å². The van der Waals surface area contributed by atoms with Crippen molar-refractivity contribution in [2.24, 2.45) is 5.73 Å². The number of aliphatic hydroxyl groups is 1. The Morgan fingerprint density at radius 1 is 1.50 bits per heavy atom. The highest BCUT2D eigenvalue weighted by Gasteiger charge is 2.16. The van der Waals surface area contributed by atoms with E-state index in [4.69, 9.17) is 10.8 Å². The summed E-state index contributed by atoms with van der Waals surface area (Å²) in [7, 11) is 0. The molecule has 16 heavy (non-hydrogen) atoms. The van der Waals surface area contributed by atoms with E-state index in [1.54, 1.807) is 6.07 Å². The van der Waals surface area contributed by atoms with Gasteiger partial charge < -0.3 is 15.9 Å². The highest BCUT2D eigenvalue weighted by molar-refractivity contribution is 5.48. The van der Waals surface area contributed by atoms with Crippen LogP contribution in [0.2, 0.25) is 0 Å². The molecule has 1 rings (SSSR count). The van der Waals surface area contributed by atoms with Crippen molar-refractivity contribution in [1.29, 1.82) is 0 Å². The normalized spacial score (nSPS) is 12.4. The van der Waals surface area contributed by atoms with E-state index < -0.39 is 4.92 Å². The Bertz CT molecular complexity index is 381. The highest BCUT2D eigenvalue weighted by atomic mass is 16.6. The largest absolute Gasteiger partial charge is 0.502 e. The fourth-order valence-corrected chi connectivity index (χ4v) is 1.40. The molecule has 0 amide bonds. The van der Waals surface area contributed by atoms with Crippen molar-refractivity contribution in [3.8, 4) is 5.75 Å². The number of nitrogens with zero attached hydrogens (tertiary/aromatic N) is 1. The predicted molar refractivity (Wildman–Crippen MR) is 58.0 cm³/mol. The molecule has 0 fully saturated rings. The first-order valence-corrected chi connectivity index (χ1v) is 4.90. The summed E-state index contributed by atoms with van der Waals surface area (Å²) in [4.78, 5) is 9.92. The number of hydrogen-bond acceptors (Lipinski definition) is 5. The minimum atomic E-state index is -0.655. The molecule has 88 valence electrons. The molecule has 6 nitrogen and oxygen atoms in total. The number of nitro benzene ring substituents is 1. The Hall–Kier alpha value is -1.66. The van der Waals surface area contributed by atoms with Gasteiger partial charge in [0.1, 0.15) is 0 Å². The van der Waals surface area contributed by atoms with E-state index in [0.29, 0.717) is 18.4 Å². The summed E-state index contributed by atoms with van der Waals surface area (Å²) < 4.78 is 0. The molecule has 1 aromatic rings. The summed E-state index contributed by atoms with van der Waals surface area (Å²) in [6.07, 6.45) is 1.08. The van der Waals surface area contributed by atoms with Gasteiger partial charge in [0.15, 0.2) is 5.75 Å². The lowest BCUT2D eigenvalue weighted by atomic mass is 10.0. The zero-order chi connectivity index (χ0) is 12.1. The van der Waals surface area contributed by atoms with Crippen LogP contribution >= 0.6 is 0 Å². The maximum absolute atomic E-state index is 10.6. The van der Waals surface area contributed by atoms with Gasteiger partial charge in [0, 0.05) is 18.7 Å². The predicted octanol–water partition coefficient (Wildman–Crippen LogP) is 1.07. The Kier molecular flexibility index (Phi) is 4.21.